The molecule has 0 N–H and O–H groups in total. The molecule has 2 aromatic carbocycles. The Kier molecular flexibility index (Phi) is 4.70. The molecule has 1 heterocycles. The quantitative estimate of drug-likeness (QED) is 0.852. The number of carbonyl (C=O) groups excluding carboxylic acids is 1. The minimum absolute atomic E-state index is 0.362. The van der Waals surface area contributed by atoms with Crippen LogP contribution in [-0.2, 0) is 11.3 Å². The maximum atomic E-state index is 12.4. The summed E-state index contributed by atoms with van der Waals surface area (Å²) in [7, 11) is 6.13. The smallest absolute Gasteiger partial charge is 0.410 e. The zero-order valence-electron chi connectivity index (χ0n) is 14.7. The maximum absolute atomic E-state index is 12.4. The van der Waals surface area contributed by atoms with Gasteiger partial charge in [0.1, 0.15) is 17.2 Å². The highest BCUT2D eigenvalue weighted by Gasteiger charge is 2.38. The van der Waals surface area contributed by atoms with Gasteiger partial charge in [-0.1, -0.05) is 24.3 Å². The fourth-order valence-corrected chi connectivity index (χ4v) is 3.29. The molecule has 0 fully saturated rings. The second-order valence-electron chi connectivity index (χ2n) is 5.64. The van der Waals surface area contributed by atoms with Crippen molar-refractivity contribution in [1.29, 1.82) is 0 Å². The Morgan fingerprint density at radius 1 is 1.00 bits per heavy atom. The summed E-state index contributed by atoms with van der Waals surface area (Å²) in [4.78, 5) is 14.1. The van der Waals surface area contributed by atoms with Crippen LogP contribution in [0.1, 0.15) is 22.7 Å². The van der Waals surface area contributed by atoms with Crippen LogP contribution < -0.4 is 14.2 Å². The molecular weight excluding hydrogens is 322 g/mol. The second-order valence-corrected chi connectivity index (χ2v) is 5.64. The van der Waals surface area contributed by atoms with Crippen LogP contribution in [-0.4, -0.2) is 39.4 Å². The van der Waals surface area contributed by atoms with Gasteiger partial charge in [0.15, 0.2) is 0 Å². The van der Waals surface area contributed by atoms with Gasteiger partial charge in [0.2, 0.25) is 0 Å². The Morgan fingerprint density at radius 2 is 1.64 bits per heavy atom. The standard InChI is InChI=1S/C19H21NO5/c1-22-13-9-15(23-2)17(16(10-13)24-3)18-14-8-6-5-7-12(14)11-20(18)19(21)25-4/h5-10,18H,11H2,1-4H3. The lowest BCUT2D eigenvalue weighted by atomic mass is 9.96. The van der Waals surface area contributed by atoms with Crippen molar-refractivity contribution in [3.8, 4) is 17.2 Å². The van der Waals surface area contributed by atoms with E-state index in [1.165, 1.54) is 7.11 Å². The lowest BCUT2D eigenvalue weighted by molar-refractivity contribution is 0.114. The van der Waals surface area contributed by atoms with E-state index in [0.717, 1.165) is 16.7 Å². The molecule has 0 aromatic heterocycles. The molecule has 132 valence electrons. The van der Waals surface area contributed by atoms with Crippen LogP contribution in [0.4, 0.5) is 4.79 Å². The average Bonchev–Trinajstić information content (AvgIpc) is 3.05. The molecular formula is C19H21NO5. The number of hydrogen-bond acceptors (Lipinski definition) is 5. The third kappa shape index (κ3) is 2.84. The van der Waals surface area contributed by atoms with Crippen molar-refractivity contribution in [2.24, 2.45) is 0 Å². The van der Waals surface area contributed by atoms with Gasteiger partial charge in [-0.05, 0) is 11.1 Å². The molecule has 0 saturated heterocycles. The molecule has 1 aliphatic heterocycles. The molecule has 2 aromatic rings. The van der Waals surface area contributed by atoms with Crippen molar-refractivity contribution in [2.75, 3.05) is 28.4 Å². The summed E-state index contributed by atoms with van der Waals surface area (Å²) < 4.78 is 21.5. The number of carbonyl (C=O) groups is 1. The molecule has 1 aliphatic rings. The third-order valence-corrected chi connectivity index (χ3v) is 4.44. The van der Waals surface area contributed by atoms with Crippen LogP contribution in [0.15, 0.2) is 36.4 Å². The molecule has 1 atom stereocenters. The number of rotatable bonds is 4. The molecule has 6 heteroatoms. The van der Waals surface area contributed by atoms with E-state index in [-0.39, 0.29) is 6.04 Å². The van der Waals surface area contributed by atoms with E-state index in [9.17, 15) is 4.79 Å². The first-order chi connectivity index (χ1) is 12.1. The molecule has 0 aliphatic carbocycles. The van der Waals surface area contributed by atoms with Crippen molar-refractivity contribution in [3.05, 3.63) is 53.1 Å². The lowest BCUT2D eigenvalue weighted by Crippen LogP contribution is -2.30. The van der Waals surface area contributed by atoms with E-state index >= 15 is 0 Å². The summed E-state index contributed by atoms with van der Waals surface area (Å²) in [5, 5.41) is 0. The third-order valence-electron chi connectivity index (χ3n) is 4.44. The molecule has 0 saturated carbocycles. The van der Waals surface area contributed by atoms with Crippen molar-refractivity contribution >= 4 is 6.09 Å². The molecule has 0 bridgehead atoms. The highest BCUT2D eigenvalue weighted by molar-refractivity contribution is 5.72. The van der Waals surface area contributed by atoms with Crippen molar-refractivity contribution in [2.45, 2.75) is 12.6 Å². The summed E-state index contributed by atoms with van der Waals surface area (Å²) in [6.45, 7) is 0.464. The number of fused-ring (bicyclic) bond motifs is 1. The first-order valence-electron chi connectivity index (χ1n) is 7.86. The molecule has 25 heavy (non-hydrogen) atoms. The van der Waals surface area contributed by atoms with Crippen LogP contribution >= 0.6 is 0 Å². The Hall–Kier alpha value is -2.89. The number of ether oxygens (including phenoxy) is 4. The highest BCUT2D eigenvalue weighted by atomic mass is 16.5. The van der Waals surface area contributed by atoms with Gasteiger partial charge in [-0.3, -0.25) is 4.90 Å². The van der Waals surface area contributed by atoms with Gasteiger partial charge >= 0.3 is 6.09 Å². The van der Waals surface area contributed by atoms with E-state index in [0.29, 0.717) is 23.8 Å². The number of nitrogens with zero attached hydrogens (tertiary/aromatic N) is 1. The van der Waals surface area contributed by atoms with Crippen LogP contribution in [0.25, 0.3) is 0 Å². The molecule has 0 spiro atoms. The Bertz CT molecular complexity index is 764. The van der Waals surface area contributed by atoms with E-state index in [1.807, 2.05) is 24.3 Å². The SMILES string of the molecule is COC(=O)N1Cc2ccccc2C1c1c(OC)cc(OC)cc1OC. The van der Waals surface area contributed by atoms with Gasteiger partial charge in [-0.2, -0.15) is 0 Å². The fraction of sp³-hybridized carbons (Fsp3) is 0.316. The van der Waals surface area contributed by atoms with Gasteiger partial charge in [0.25, 0.3) is 0 Å². The van der Waals surface area contributed by atoms with Crippen LogP contribution in [0.5, 0.6) is 17.2 Å². The number of hydrogen-bond donors (Lipinski definition) is 0. The summed E-state index contributed by atoms with van der Waals surface area (Å²) in [5.41, 5.74) is 2.86. The number of amides is 1. The first-order valence-corrected chi connectivity index (χ1v) is 7.86. The van der Waals surface area contributed by atoms with E-state index in [1.54, 1.807) is 38.4 Å². The molecule has 1 amide bonds. The van der Waals surface area contributed by atoms with Gasteiger partial charge in [0, 0.05) is 12.1 Å². The van der Waals surface area contributed by atoms with Crippen molar-refractivity contribution < 1.29 is 23.7 Å². The lowest BCUT2D eigenvalue weighted by Gasteiger charge is -2.27. The predicted molar refractivity (Wildman–Crippen MR) is 92.3 cm³/mol. The Morgan fingerprint density at radius 3 is 2.20 bits per heavy atom. The first kappa shape index (κ1) is 17.0. The zero-order chi connectivity index (χ0) is 18.0. The molecule has 6 nitrogen and oxygen atoms in total. The zero-order valence-corrected chi connectivity index (χ0v) is 14.7. The van der Waals surface area contributed by atoms with Gasteiger partial charge in [-0.15, -0.1) is 0 Å². The average molecular weight is 343 g/mol. The number of methoxy groups -OCH3 is 4. The van der Waals surface area contributed by atoms with Crippen molar-refractivity contribution in [1.82, 2.24) is 4.90 Å². The van der Waals surface area contributed by atoms with Gasteiger partial charge < -0.3 is 18.9 Å². The molecule has 3 rings (SSSR count). The van der Waals surface area contributed by atoms with E-state index in [4.69, 9.17) is 18.9 Å². The number of benzene rings is 2. The second kappa shape index (κ2) is 6.93. The van der Waals surface area contributed by atoms with Crippen molar-refractivity contribution in [3.63, 3.8) is 0 Å². The maximum Gasteiger partial charge on any atom is 0.410 e. The predicted octanol–water partition coefficient (Wildman–Crippen LogP) is 3.38. The Balaban J connectivity index is 2.22. The highest BCUT2D eigenvalue weighted by Crippen LogP contribution is 2.47. The summed E-state index contributed by atoms with van der Waals surface area (Å²) >= 11 is 0. The van der Waals surface area contributed by atoms with Crippen LogP contribution in [0, 0.1) is 0 Å². The van der Waals surface area contributed by atoms with E-state index < -0.39 is 6.09 Å². The summed E-state index contributed by atoms with van der Waals surface area (Å²) in [5.74, 6) is 1.80. The normalized spacial score (nSPS) is 15.5. The van der Waals surface area contributed by atoms with E-state index in [2.05, 4.69) is 0 Å². The minimum Gasteiger partial charge on any atom is -0.496 e. The Labute approximate surface area is 146 Å². The minimum atomic E-state index is -0.402. The molecule has 1 unspecified atom stereocenters. The van der Waals surface area contributed by atoms with Crippen LogP contribution in [0.2, 0.25) is 0 Å². The fourth-order valence-electron chi connectivity index (χ4n) is 3.29. The largest absolute Gasteiger partial charge is 0.496 e. The molecule has 0 radical (unpaired) electrons. The summed E-state index contributed by atoms with van der Waals surface area (Å²) in [6.07, 6.45) is -0.402. The monoisotopic (exact) mass is 343 g/mol. The summed E-state index contributed by atoms with van der Waals surface area (Å²) in [6, 6.07) is 11.1. The topological polar surface area (TPSA) is 57.2 Å². The van der Waals surface area contributed by atoms with Gasteiger partial charge in [-0.25, -0.2) is 4.79 Å². The van der Waals surface area contributed by atoms with Gasteiger partial charge in [0.05, 0.1) is 46.6 Å². The van der Waals surface area contributed by atoms with Crippen LogP contribution in [0.3, 0.4) is 0 Å².